The average Bonchev–Trinajstić information content (AvgIpc) is 1.47. The van der Waals surface area contributed by atoms with Gasteiger partial charge in [-0.2, -0.15) is 0 Å². The van der Waals surface area contributed by atoms with Gasteiger partial charge in [0.25, 0.3) is 11.8 Å². The number of aromatic nitrogens is 9. The number of fused-ring (bicyclic) bond motifs is 6. The Bertz CT molecular complexity index is 5270. The van der Waals surface area contributed by atoms with Crippen molar-refractivity contribution in [1.29, 1.82) is 0 Å². The molecular weight excluding hydrogens is 1330 g/mol. The molecule has 15 aromatic rings. The van der Waals surface area contributed by atoms with Crippen LogP contribution in [-0.4, -0.2) is 67.7 Å². The van der Waals surface area contributed by atoms with Gasteiger partial charge in [0.05, 0.1) is 42.2 Å². The molecule has 0 bridgehead atoms. The number of aromatic amines is 3. The molecule has 15 rings (SSSR count). The first-order chi connectivity index (χ1) is 47.4. The number of carboxylic acids is 1. The van der Waals surface area contributed by atoms with Crippen molar-refractivity contribution in [3.8, 4) is 0 Å². The zero-order valence-corrected chi connectivity index (χ0v) is 54.6. The number of halogens is 7. The van der Waals surface area contributed by atoms with Crippen molar-refractivity contribution in [3.05, 3.63) is 318 Å². The lowest BCUT2D eigenvalue weighted by molar-refractivity contribution is 0.0696. The standard InChI is InChI=1S/2C25H18ClFN4O.C16H11ClN2O2.C9H8ClFN2/c2*26-20-10-18-7-15(1-2-23(18)30-14-20)8-21-11-17(4-5-28-21)25(32)31-13-19-9-16-3-6-29-24(16)12-22(19)27;17-13-7-12-5-10(1-2-15(12)19-9-13)6-14-8-11(16(20)21)3-4-18-14;10-7-4-13-9-2-8(11)5(3-12)1-6(7)9/h2*1-7,9-12,14,29H,8,13H2,(H,31,32);1-5,7-9H,6H2,(H,20,21);1-2,4,13H,3,12H2. The number of carboxylic acid groups (broad SMARTS) is 1. The lowest BCUT2D eigenvalue weighted by Gasteiger charge is -2.09. The van der Waals surface area contributed by atoms with Gasteiger partial charge in [0, 0.05) is 178 Å². The summed E-state index contributed by atoms with van der Waals surface area (Å²) in [6.45, 7) is 0.382. The summed E-state index contributed by atoms with van der Waals surface area (Å²) in [6, 6.07) is 46.4. The predicted octanol–water partition coefficient (Wildman–Crippen LogP) is 16.8. The highest BCUT2D eigenvalue weighted by Gasteiger charge is 2.15. The fourth-order valence-corrected chi connectivity index (χ4v) is 11.6. The van der Waals surface area contributed by atoms with Gasteiger partial charge < -0.3 is 36.4 Å². The molecule has 0 aliphatic carbocycles. The quantitative estimate of drug-likeness (QED) is 0.0540. The van der Waals surface area contributed by atoms with E-state index in [1.807, 2.05) is 84.9 Å². The van der Waals surface area contributed by atoms with Gasteiger partial charge in [0.1, 0.15) is 17.5 Å². The summed E-state index contributed by atoms with van der Waals surface area (Å²) in [5.74, 6) is -2.53. The van der Waals surface area contributed by atoms with Gasteiger partial charge in [-0.25, -0.2) is 18.0 Å². The average molecular weight is 1390 g/mol. The summed E-state index contributed by atoms with van der Waals surface area (Å²) >= 11 is 23.9. The molecule has 0 atom stereocenters. The van der Waals surface area contributed by atoms with E-state index in [1.165, 1.54) is 30.5 Å². The zero-order chi connectivity index (χ0) is 68.4. The fourth-order valence-electron chi connectivity index (χ4n) is 10.9. The number of hydrogen-bond acceptors (Lipinski definition) is 10. The molecule has 9 aromatic heterocycles. The molecule has 23 heteroatoms. The second kappa shape index (κ2) is 30.3. The van der Waals surface area contributed by atoms with Gasteiger partial charge in [0.2, 0.25) is 0 Å². The summed E-state index contributed by atoms with van der Waals surface area (Å²) in [5.41, 5.74) is 18.0. The molecule has 0 fully saturated rings. The van der Waals surface area contributed by atoms with Crippen molar-refractivity contribution in [3.63, 3.8) is 0 Å². The van der Waals surface area contributed by atoms with E-state index >= 15 is 0 Å². The molecule has 0 radical (unpaired) electrons. The highest BCUT2D eigenvalue weighted by molar-refractivity contribution is 6.35. The van der Waals surface area contributed by atoms with Gasteiger partial charge in [0.15, 0.2) is 0 Å². The summed E-state index contributed by atoms with van der Waals surface area (Å²) in [5, 5.41) is 22.4. The maximum atomic E-state index is 14.3. The molecular formula is C75H55Cl4F3N12O4. The molecule has 0 spiro atoms. The van der Waals surface area contributed by atoms with Crippen LogP contribution >= 0.6 is 46.4 Å². The molecule has 0 unspecified atom stereocenters. The van der Waals surface area contributed by atoms with Gasteiger partial charge in [-0.15, -0.1) is 0 Å². The van der Waals surface area contributed by atoms with E-state index in [-0.39, 0.29) is 54.5 Å². The summed E-state index contributed by atoms with van der Waals surface area (Å²) in [7, 11) is 0. The zero-order valence-electron chi connectivity index (χ0n) is 51.5. The van der Waals surface area contributed by atoms with E-state index in [0.717, 1.165) is 88.0 Å². The number of H-pyrrole nitrogens is 3. The first-order valence-electron chi connectivity index (χ1n) is 30.4. The van der Waals surface area contributed by atoms with Crippen molar-refractivity contribution in [2.75, 3.05) is 0 Å². The molecule has 9 heterocycles. The first kappa shape index (κ1) is 66.9. The third-order valence-corrected chi connectivity index (χ3v) is 16.8. The van der Waals surface area contributed by atoms with Gasteiger partial charge in [-0.1, -0.05) is 64.6 Å². The number of aromatic carboxylic acids is 1. The molecule has 0 aliphatic rings. The Hall–Kier alpha value is -11.1. The number of nitrogens with two attached hydrogens (primary N) is 1. The number of hydrogen-bond donors (Lipinski definition) is 7. The number of carbonyl (C=O) groups excluding carboxylic acids is 2. The third-order valence-electron chi connectivity index (χ3n) is 15.9. The van der Waals surface area contributed by atoms with Gasteiger partial charge >= 0.3 is 5.97 Å². The minimum atomic E-state index is -0.951. The molecule has 0 aliphatic heterocycles. The molecule has 6 aromatic carbocycles. The number of rotatable bonds is 14. The van der Waals surface area contributed by atoms with Crippen molar-refractivity contribution >= 4 is 130 Å². The van der Waals surface area contributed by atoms with Crippen LogP contribution in [0.3, 0.4) is 0 Å². The second-order valence-electron chi connectivity index (χ2n) is 22.7. The Morgan fingerprint density at radius 3 is 1.24 bits per heavy atom. The maximum Gasteiger partial charge on any atom is 0.335 e. The van der Waals surface area contributed by atoms with E-state index in [9.17, 15) is 27.6 Å². The summed E-state index contributed by atoms with van der Waals surface area (Å²) in [6.07, 6.45) is 16.4. The normalized spacial score (nSPS) is 11.1. The highest BCUT2D eigenvalue weighted by Crippen LogP contribution is 2.28. The van der Waals surface area contributed by atoms with E-state index < -0.39 is 5.97 Å². The Kier molecular flexibility index (Phi) is 20.7. The van der Waals surface area contributed by atoms with Gasteiger partial charge in [-0.05, 0) is 167 Å². The fraction of sp³-hybridized carbons (Fsp3) is 0.0800. The predicted molar refractivity (Wildman–Crippen MR) is 378 cm³/mol. The van der Waals surface area contributed by atoms with E-state index in [0.29, 0.717) is 78.4 Å². The monoisotopic (exact) mass is 1380 g/mol. The lowest BCUT2D eigenvalue weighted by atomic mass is 10.0. The van der Waals surface area contributed by atoms with Gasteiger partial charge in [-0.3, -0.25) is 39.5 Å². The summed E-state index contributed by atoms with van der Waals surface area (Å²) < 4.78 is 41.8. The molecule has 488 valence electrons. The summed E-state index contributed by atoms with van der Waals surface area (Å²) in [4.78, 5) is 71.0. The maximum absolute atomic E-state index is 14.3. The Labute approximate surface area is 577 Å². The van der Waals surface area contributed by atoms with Crippen LogP contribution in [0.15, 0.2) is 213 Å². The molecule has 8 N–H and O–H groups in total. The van der Waals surface area contributed by atoms with E-state index in [2.05, 4.69) is 55.5 Å². The van der Waals surface area contributed by atoms with E-state index in [1.54, 1.807) is 98.1 Å². The lowest BCUT2D eigenvalue weighted by Crippen LogP contribution is -2.23. The molecule has 98 heavy (non-hydrogen) atoms. The third kappa shape index (κ3) is 16.6. The van der Waals surface area contributed by atoms with Crippen molar-refractivity contribution < 1.29 is 32.7 Å². The number of nitrogens with one attached hydrogen (secondary N) is 5. The molecule has 0 saturated carbocycles. The molecule has 2 amide bonds. The van der Waals surface area contributed by atoms with E-state index in [4.69, 9.17) is 57.2 Å². The molecule has 0 saturated heterocycles. The second-order valence-corrected chi connectivity index (χ2v) is 24.4. The number of carbonyl (C=O) groups is 3. The number of nitrogens with zero attached hydrogens (tertiary/aromatic N) is 6. The van der Waals surface area contributed by atoms with Crippen LogP contribution in [0.4, 0.5) is 13.2 Å². The van der Waals surface area contributed by atoms with Crippen LogP contribution in [0.1, 0.15) is 81.5 Å². The molecule has 16 nitrogen and oxygen atoms in total. The smallest absolute Gasteiger partial charge is 0.335 e. The van der Waals surface area contributed by atoms with Crippen molar-refractivity contribution in [2.24, 2.45) is 5.73 Å². The SMILES string of the molecule is NCc1cc2c(Cl)c[nH]c2cc1F.O=C(NCc1cc2cc[nH]c2cc1F)c1ccnc(Cc2ccc3ncc(Cl)cc3c2)c1.O=C(NCc1cc2cc[nH]c2cc1F)c1ccnc(Cc2ccc3ncc(Cl)cc3c2)c1.O=C(O)c1ccnc(Cc2ccc3ncc(Cl)cc3c2)c1. The van der Waals surface area contributed by atoms with Crippen molar-refractivity contribution in [1.82, 2.24) is 55.5 Å². The number of amides is 2. The Morgan fingerprint density at radius 2 is 0.827 bits per heavy atom. The largest absolute Gasteiger partial charge is 0.478 e. The number of benzene rings is 6. The van der Waals surface area contributed by atoms with Crippen LogP contribution in [0.5, 0.6) is 0 Å². The topological polar surface area (TPSA) is 246 Å². The van der Waals surface area contributed by atoms with Crippen LogP contribution in [0.2, 0.25) is 20.1 Å². The minimum absolute atomic E-state index is 0.0991. The van der Waals surface area contributed by atoms with Crippen LogP contribution in [0, 0.1) is 17.5 Å². The van der Waals surface area contributed by atoms with Crippen LogP contribution in [-0.2, 0) is 38.9 Å². The van der Waals surface area contributed by atoms with Crippen molar-refractivity contribution in [2.45, 2.75) is 38.9 Å². The van der Waals surface area contributed by atoms with Crippen LogP contribution in [0.25, 0.3) is 65.4 Å². The Morgan fingerprint density at radius 1 is 0.429 bits per heavy atom. The Balaban J connectivity index is 0.000000130. The highest BCUT2D eigenvalue weighted by atomic mass is 35.5. The van der Waals surface area contributed by atoms with Crippen LogP contribution < -0.4 is 16.4 Å². The first-order valence-corrected chi connectivity index (χ1v) is 31.9. The number of pyridine rings is 6. The minimum Gasteiger partial charge on any atom is -0.478 e.